The Morgan fingerprint density at radius 3 is 2.77 bits per heavy atom. The summed E-state index contributed by atoms with van der Waals surface area (Å²) in [5.74, 6) is -0.432. The van der Waals surface area contributed by atoms with E-state index >= 15 is 0 Å². The minimum Gasteiger partial charge on any atom is -0.465 e. The van der Waals surface area contributed by atoms with Crippen LogP contribution in [0.1, 0.15) is 10.4 Å². The van der Waals surface area contributed by atoms with E-state index in [0.29, 0.717) is 34.7 Å². The molecular formula is C14H20BrN3O3Si. The van der Waals surface area contributed by atoms with Crippen molar-refractivity contribution in [1.29, 1.82) is 0 Å². The van der Waals surface area contributed by atoms with E-state index in [1.54, 1.807) is 17.0 Å². The monoisotopic (exact) mass is 385 g/mol. The van der Waals surface area contributed by atoms with Crippen molar-refractivity contribution in [3.8, 4) is 0 Å². The van der Waals surface area contributed by atoms with Crippen molar-refractivity contribution < 1.29 is 14.3 Å². The molecule has 0 atom stereocenters. The molecule has 0 saturated carbocycles. The highest BCUT2D eigenvalue weighted by Crippen LogP contribution is 2.21. The third-order valence-corrected chi connectivity index (χ3v) is 5.25. The molecule has 8 heteroatoms. The first kappa shape index (κ1) is 17.1. The van der Waals surface area contributed by atoms with Crippen LogP contribution in [0.4, 0.5) is 0 Å². The van der Waals surface area contributed by atoms with Gasteiger partial charge in [0.05, 0.1) is 13.3 Å². The lowest BCUT2D eigenvalue weighted by Gasteiger charge is -2.15. The van der Waals surface area contributed by atoms with Crippen LogP contribution in [0.25, 0.3) is 11.2 Å². The van der Waals surface area contributed by atoms with E-state index in [9.17, 15) is 4.79 Å². The second-order valence-corrected chi connectivity index (χ2v) is 12.7. The maximum absolute atomic E-state index is 11.9. The number of rotatable bonds is 6. The predicted octanol–water partition coefficient (Wildman–Crippen LogP) is 3.29. The molecule has 120 valence electrons. The lowest BCUT2D eigenvalue weighted by Crippen LogP contribution is -2.22. The summed E-state index contributed by atoms with van der Waals surface area (Å²) in [5.41, 5.74) is 1.51. The van der Waals surface area contributed by atoms with Crippen LogP contribution in [-0.4, -0.2) is 42.3 Å². The van der Waals surface area contributed by atoms with Gasteiger partial charge in [-0.2, -0.15) is 0 Å². The Balaban J connectivity index is 2.21. The summed E-state index contributed by atoms with van der Waals surface area (Å²) in [5, 5.41) is 0. The van der Waals surface area contributed by atoms with Crippen molar-refractivity contribution in [3.63, 3.8) is 0 Å². The summed E-state index contributed by atoms with van der Waals surface area (Å²) >= 11 is 3.27. The van der Waals surface area contributed by atoms with Crippen molar-refractivity contribution in [2.24, 2.45) is 0 Å². The van der Waals surface area contributed by atoms with Gasteiger partial charge in [-0.05, 0) is 22.0 Å². The van der Waals surface area contributed by atoms with Gasteiger partial charge in [0.1, 0.15) is 22.4 Å². The highest BCUT2D eigenvalue weighted by molar-refractivity contribution is 9.10. The van der Waals surface area contributed by atoms with Crippen molar-refractivity contribution in [1.82, 2.24) is 14.5 Å². The lowest BCUT2D eigenvalue weighted by molar-refractivity contribution is 0.0600. The van der Waals surface area contributed by atoms with Gasteiger partial charge in [-0.15, -0.1) is 0 Å². The zero-order valence-corrected chi connectivity index (χ0v) is 15.8. The van der Waals surface area contributed by atoms with Crippen molar-refractivity contribution in [2.75, 3.05) is 13.7 Å². The van der Waals surface area contributed by atoms with Gasteiger partial charge in [0.15, 0.2) is 5.65 Å². The molecule has 0 amide bonds. The minimum absolute atomic E-state index is 0.342. The first-order chi connectivity index (χ1) is 10.3. The molecule has 2 rings (SSSR count). The Labute approximate surface area is 139 Å². The molecule has 0 spiro atoms. The number of halogens is 1. The van der Waals surface area contributed by atoms with E-state index in [-0.39, 0.29) is 0 Å². The van der Waals surface area contributed by atoms with Crippen LogP contribution >= 0.6 is 15.9 Å². The third-order valence-electron chi connectivity index (χ3n) is 3.17. The smallest absolute Gasteiger partial charge is 0.341 e. The van der Waals surface area contributed by atoms with Gasteiger partial charge in [-0.1, -0.05) is 19.6 Å². The summed E-state index contributed by atoms with van der Waals surface area (Å²) in [6.45, 7) is 7.96. The Bertz CT molecular complexity index is 682. The summed E-state index contributed by atoms with van der Waals surface area (Å²) in [7, 11) is 0.231. The molecular weight excluding hydrogens is 366 g/mol. The van der Waals surface area contributed by atoms with Crippen LogP contribution in [0.5, 0.6) is 0 Å². The van der Waals surface area contributed by atoms with E-state index in [4.69, 9.17) is 9.47 Å². The van der Waals surface area contributed by atoms with Crippen LogP contribution in [0.15, 0.2) is 17.0 Å². The summed E-state index contributed by atoms with van der Waals surface area (Å²) in [6.07, 6.45) is 3.28. The lowest BCUT2D eigenvalue weighted by atomic mass is 10.3. The summed E-state index contributed by atoms with van der Waals surface area (Å²) < 4.78 is 12.9. The van der Waals surface area contributed by atoms with Gasteiger partial charge >= 0.3 is 5.97 Å². The molecule has 2 aromatic heterocycles. The molecule has 22 heavy (non-hydrogen) atoms. The standard InChI is InChI=1S/C14H20BrN3O3Si/c1-20-14(19)10-8-18(9-21-5-6-22(2,3)4)13-12(10)17-11(15)7-16-13/h7-8H,5-6,9H2,1-4H3. The zero-order valence-electron chi connectivity index (χ0n) is 13.2. The number of fused-ring (bicyclic) bond motifs is 1. The fourth-order valence-electron chi connectivity index (χ4n) is 1.93. The van der Waals surface area contributed by atoms with Crippen molar-refractivity contribution in [2.45, 2.75) is 32.4 Å². The number of hydrogen-bond donors (Lipinski definition) is 0. The van der Waals surface area contributed by atoms with E-state index in [1.807, 2.05) is 0 Å². The van der Waals surface area contributed by atoms with Crippen LogP contribution in [0.3, 0.4) is 0 Å². The van der Waals surface area contributed by atoms with E-state index in [2.05, 4.69) is 45.5 Å². The van der Waals surface area contributed by atoms with Gasteiger partial charge < -0.3 is 14.0 Å². The number of ether oxygens (including phenoxy) is 2. The van der Waals surface area contributed by atoms with Gasteiger partial charge in [0, 0.05) is 20.9 Å². The van der Waals surface area contributed by atoms with Crippen LogP contribution in [0.2, 0.25) is 25.7 Å². The van der Waals surface area contributed by atoms with E-state index in [1.165, 1.54) is 7.11 Å². The molecule has 0 radical (unpaired) electrons. The highest BCUT2D eigenvalue weighted by atomic mass is 79.9. The summed E-state index contributed by atoms with van der Waals surface area (Å²) in [6, 6.07) is 1.09. The highest BCUT2D eigenvalue weighted by Gasteiger charge is 2.18. The molecule has 0 saturated heterocycles. The first-order valence-electron chi connectivity index (χ1n) is 6.99. The molecule has 6 nitrogen and oxygen atoms in total. The molecule has 0 aliphatic heterocycles. The number of methoxy groups -OCH3 is 1. The predicted molar refractivity (Wildman–Crippen MR) is 90.7 cm³/mol. The number of nitrogens with zero attached hydrogens (tertiary/aromatic N) is 3. The topological polar surface area (TPSA) is 66.2 Å². The maximum atomic E-state index is 11.9. The second kappa shape index (κ2) is 6.89. The van der Waals surface area contributed by atoms with Gasteiger partial charge in [-0.25, -0.2) is 14.8 Å². The molecule has 0 aliphatic carbocycles. The zero-order chi connectivity index (χ0) is 16.3. The van der Waals surface area contributed by atoms with Crippen LogP contribution < -0.4 is 0 Å². The first-order valence-corrected chi connectivity index (χ1v) is 11.5. The number of carbonyl (C=O) groups excluding carboxylic acids is 1. The SMILES string of the molecule is COC(=O)c1cn(COCC[Si](C)(C)C)c2ncc(Br)nc12. The minimum atomic E-state index is -1.12. The average Bonchev–Trinajstić information content (AvgIpc) is 2.79. The molecule has 0 N–H and O–H groups in total. The van der Waals surface area contributed by atoms with Crippen molar-refractivity contribution >= 4 is 41.1 Å². The second-order valence-electron chi connectivity index (χ2n) is 6.22. The molecule has 2 aromatic rings. The van der Waals surface area contributed by atoms with Crippen LogP contribution in [0, 0.1) is 0 Å². The van der Waals surface area contributed by atoms with Gasteiger partial charge in [0.2, 0.25) is 0 Å². The number of hydrogen-bond acceptors (Lipinski definition) is 5. The molecule has 0 fully saturated rings. The number of aromatic nitrogens is 3. The van der Waals surface area contributed by atoms with E-state index in [0.717, 1.165) is 6.04 Å². The Morgan fingerprint density at radius 1 is 1.41 bits per heavy atom. The Morgan fingerprint density at radius 2 is 2.14 bits per heavy atom. The summed E-state index contributed by atoms with van der Waals surface area (Å²) in [4.78, 5) is 20.5. The molecule has 0 bridgehead atoms. The third kappa shape index (κ3) is 4.14. The molecule has 0 aromatic carbocycles. The molecule has 0 aliphatic rings. The van der Waals surface area contributed by atoms with Gasteiger partial charge in [0.25, 0.3) is 0 Å². The molecule has 2 heterocycles. The number of esters is 1. The fraction of sp³-hybridized carbons (Fsp3) is 0.500. The van der Waals surface area contributed by atoms with E-state index < -0.39 is 14.0 Å². The quantitative estimate of drug-likeness (QED) is 0.433. The fourth-order valence-corrected chi connectivity index (χ4v) is 2.97. The maximum Gasteiger partial charge on any atom is 0.341 e. The van der Waals surface area contributed by atoms with Gasteiger partial charge in [-0.3, -0.25) is 0 Å². The molecule has 0 unspecified atom stereocenters. The Kier molecular flexibility index (Phi) is 5.35. The average molecular weight is 386 g/mol. The van der Waals surface area contributed by atoms with Crippen molar-refractivity contribution in [3.05, 3.63) is 22.6 Å². The Hall–Kier alpha value is -1.25. The normalized spacial score (nSPS) is 11.9. The number of carbonyl (C=O) groups is 1. The largest absolute Gasteiger partial charge is 0.465 e. The van der Waals surface area contributed by atoms with Crippen LogP contribution in [-0.2, 0) is 16.2 Å².